The van der Waals surface area contributed by atoms with E-state index in [2.05, 4.69) is 10.6 Å². The fraction of sp³-hybridized carbons (Fsp3) is 0.909. The van der Waals surface area contributed by atoms with Crippen molar-refractivity contribution in [1.29, 1.82) is 0 Å². The standard InChI is InChI=1S/C11H22N2O2/c1-11(2,8-15-3)13-10(14)9-5-4-6-12-7-9/h9,12H,4-8H2,1-3H3,(H,13,14)/t9-/m1/s1. The predicted molar refractivity (Wildman–Crippen MR) is 59.7 cm³/mol. The number of piperidine rings is 1. The lowest BCUT2D eigenvalue weighted by molar-refractivity contribution is -0.127. The van der Waals surface area contributed by atoms with Crippen molar-refractivity contribution in [2.75, 3.05) is 26.8 Å². The van der Waals surface area contributed by atoms with Crippen LogP contribution in [0.15, 0.2) is 0 Å². The molecule has 88 valence electrons. The molecule has 1 amide bonds. The predicted octanol–water partition coefficient (Wildman–Crippen LogP) is 0.527. The first-order valence-corrected chi connectivity index (χ1v) is 5.57. The van der Waals surface area contributed by atoms with Crippen LogP contribution in [-0.2, 0) is 9.53 Å². The first-order valence-electron chi connectivity index (χ1n) is 5.57. The van der Waals surface area contributed by atoms with Gasteiger partial charge in [0.2, 0.25) is 5.91 Å². The van der Waals surface area contributed by atoms with Crippen LogP contribution in [0.5, 0.6) is 0 Å². The van der Waals surface area contributed by atoms with Crippen molar-refractivity contribution in [2.45, 2.75) is 32.2 Å². The summed E-state index contributed by atoms with van der Waals surface area (Å²) in [5, 5.41) is 6.26. The zero-order valence-corrected chi connectivity index (χ0v) is 9.93. The highest BCUT2D eigenvalue weighted by Gasteiger charge is 2.26. The number of amides is 1. The lowest BCUT2D eigenvalue weighted by Crippen LogP contribution is -2.51. The average Bonchev–Trinajstić information content (AvgIpc) is 2.18. The summed E-state index contributed by atoms with van der Waals surface area (Å²) in [5.74, 6) is 0.263. The van der Waals surface area contributed by atoms with Crippen LogP contribution in [0.3, 0.4) is 0 Å². The van der Waals surface area contributed by atoms with Crippen LogP contribution in [0.25, 0.3) is 0 Å². The van der Waals surface area contributed by atoms with Gasteiger partial charge in [0.25, 0.3) is 0 Å². The van der Waals surface area contributed by atoms with E-state index in [-0.39, 0.29) is 17.4 Å². The Morgan fingerprint density at radius 1 is 1.60 bits per heavy atom. The third kappa shape index (κ3) is 4.18. The molecule has 0 radical (unpaired) electrons. The van der Waals surface area contributed by atoms with Crippen LogP contribution in [0, 0.1) is 5.92 Å². The highest BCUT2D eigenvalue weighted by molar-refractivity contribution is 5.79. The molecule has 0 aliphatic carbocycles. The summed E-state index contributed by atoms with van der Waals surface area (Å²) in [5.41, 5.74) is -0.275. The average molecular weight is 214 g/mol. The molecule has 0 unspecified atom stereocenters. The molecular formula is C11H22N2O2. The smallest absolute Gasteiger partial charge is 0.224 e. The van der Waals surface area contributed by atoms with Crippen LogP contribution in [0.4, 0.5) is 0 Å². The molecule has 0 bridgehead atoms. The van der Waals surface area contributed by atoms with Gasteiger partial charge in [-0.25, -0.2) is 0 Å². The van der Waals surface area contributed by atoms with Gasteiger partial charge in [-0.1, -0.05) is 0 Å². The topological polar surface area (TPSA) is 50.4 Å². The summed E-state index contributed by atoms with van der Waals surface area (Å²) >= 11 is 0. The van der Waals surface area contributed by atoms with E-state index >= 15 is 0 Å². The van der Waals surface area contributed by atoms with E-state index in [4.69, 9.17) is 4.74 Å². The molecule has 0 aromatic rings. The normalized spacial score (nSPS) is 22.5. The highest BCUT2D eigenvalue weighted by Crippen LogP contribution is 2.12. The lowest BCUT2D eigenvalue weighted by atomic mass is 9.97. The number of nitrogens with one attached hydrogen (secondary N) is 2. The SMILES string of the molecule is COCC(C)(C)NC(=O)[C@@H]1CCCNC1. The maximum Gasteiger partial charge on any atom is 0.224 e. The lowest BCUT2D eigenvalue weighted by Gasteiger charge is -2.29. The Bertz CT molecular complexity index is 211. The van der Waals surface area contributed by atoms with Gasteiger partial charge in [-0.2, -0.15) is 0 Å². The van der Waals surface area contributed by atoms with E-state index < -0.39 is 0 Å². The number of hydrogen-bond acceptors (Lipinski definition) is 3. The fourth-order valence-electron chi connectivity index (χ4n) is 1.91. The Labute approximate surface area is 91.8 Å². The minimum absolute atomic E-state index is 0.120. The first-order chi connectivity index (χ1) is 7.05. The third-order valence-electron chi connectivity index (χ3n) is 2.63. The maximum absolute atomic E-state index is 11.9. The quantitative estimate of drug-likeness (QED) is 0.717. The van der Waals surface area contributed by atoms with Gasteiger partial charge in [-0.05, 0) is 33.2 Å². The number of carbonyl (C=O) groups excluding carboxylic acids is 1. The fourth-order valence-corrected chi connectivity index (χ4v) is 1.91. The molecule has 15 heavy (non-hydrogen) atoms. The number of rotatable bonds is 4. The van der Waals surface area contributed by atoms with Gasteiger partial charge in [-0.3, -0.25) is 4.79 Å². The molecule has 1 fully saturated rings. The van der Waals surface area contributed by atoms with Crippen LogP contribution in [0.1, 0.15) is 26.7 Å². The summed E-state index contributed by atoms with van der Waals surface area (Å²) in [6, 6.07) is 0. The Hall–Kier alpha value is -0.610. The molecule has 0 saturated carbocycles. The monoisotopic (exact) mass is 214 g/mol. The second kappa shape index (κ2) is 5.47. The van der Waals surface area contributed by atoms with Crippen molar-refractivity contribution in [3.8, 4) is 0 Å². The van der Waals surface area contributed by atoms with Crippen LogP contribution in [-0.4, -0.2) is 38.3 Å². The summed E-state index contributed by atoms with van der Waals surface area (Å²) < 4.78 is 5.06. The van der Waals surface area contributed by atoms with Gasteiger partial charge >= 0.3 is 0 Å². The van der Waals surface area contributed by atoms with Crippen molar-refractivity contribution in [1.82, 2.24) is 10.6 Å². The summed E-state index contributed by atoms with van der Waals surface area (Å²) in [6.45, 7) is 6.33. The zero-order chi connectivity index (χ0) is 11.3. The Morgan fingerprint density at radius 3 is 2.87 bits per heavy atom. The van der Waals surface area contributed by atoms with Gasteiger partial charge < -0.3 is 15.4 Å². The van der Waals surface area contributed by atoms with Gasteiger partial charge in [0, 0.05) is 13.7 Å². The molecular weight excluding hydrogens is 192 g/mol. The second-order valence-electron chi connectivity index (χ2n) is 4.85. The number of methoxy groups -OCH3 is 1. The minimum atomic E-state index is -0.275. The van der Waals surface area contributed by atoms with Crippen LogP contribution in [0.2, 0.25) is 0 Å². The van der Waals surface area contributed by atoms with Gasteiger partial charge in [0.05, 0.1) is 18.1 Å². The largest absolute Gasteiger partial charge is 0.382 e. The van der Waals surface area contributed by atoms with Crippen LogP contribution < -0.4 is 10.6 Å². The molecule has 1 saturated heterocycles. The van der Waals surface area contributed by atoms with Gasteiger partial charge in [0.15, 0.2) is 0 Å². The molecule has 1 heterocycles. The van der Waals surface area contributed by atoms with Crippen molar-refractivity contribution < 1.29 is 9.53 Å². The molecule has 1 rings (SSSR count). The van der Waals surface area contributed by atoms with Gasteiger partial charge in [0.1, 0.15) is 0 Å². The molecule has 4 nitrogen and oxygen atoms in total. The van der Waals surface area contributed by atoms with Crippen molar-refractivity contribution in [2.24, 2.45) is 5.92 Å². The number of ether oxygens (including phenoxy) is 1. The summed E-state index contributed by atoms with van der Waals surface area (Å²) in [6.07, 6.45) is 2.07. The molecule has 2 N–H and O–H groups in total. The molecule has 1 aliphatic rings. The van der Waals surface area contributed by atoms with E-state index in [0.717, 1.165) is 25.9 Å². The Balaban J connectivity index is 2.39. The molecule has 0 spiro atoms. The van der Waals surface area contributed by atoms with E-state index in [9.17, 15) is 4.79 Å². The molecule has 1 atom stereocenters. The molecule has 1 aliphatic heterocycles. The number of carbonyl (C=O) groups is 1. The van der Waals surface area contributed by atoms with Crippen molar-refractivity contribution in [3.05, 3.63) is 0 Å². The van der Waals surface area contributed by atoms with E-state index in [1.165, 1.54) is 0 Å². The van der Waals surface area contributed by atoms with E-state index in [0.29, 0.717) is 6.61 Å². The van der Waals surface area contributed by atoms with Crippen molar-refractivity contribution >= 4 is 5.91 Å². The van der Waals surface area contributed by atoms with Crippen molar-refractivity contribution in [3.63, 3.8) is 0 Å². The highest BCUT2D eigenvalue weighted by atomic mass is 16.5. The number of hydrogen-bond donors (Lipinski definition) is 2. The third-order valence-corrected chi connectivity index (χ3v) is 2.63. The molecule has 0 aromatic heterocycles. The Morgan fingerprint density at radius 2 is 2.33 bits per heavy atom. The zero-order valence-electron chi connectivity index (χ0n) is 9.93. The maximum atomic E-state index is 11.9. The second-order valence-corrected chi connectivity index (χ2v) is 4.85. The minimum Gasteiger partial charge on any atom is -0.382 e. The van der Waals surface area contributed by atoms with E-state index in [1.807, 2.05) is 13.8 Å². The summed E-state index contributed by atoms with van der Waals surface area (Å²) in [7, 11) is 1.65. The molecule has 0 aromatic carbocycles. The summed E-state index contributed by atoms with van der Waals surface area (Å²) in [4.78, 5) is 11.9. The first kappa shape index (κ1) is 12.5. The Kier molecular flexibility index (Phi) is 4.54. The van der Waals surface area contributed by atoms with Crippen LogP contribution >= 0.6 is 0 Å². The van der Waals surface area contributed by atoms with E-state index in [1.54, 1.807) is 7.11 Å². The van der Waals surface area contributed by atoms with Gasteiger partial charge in [-0.15, -0.1) is 0 Å². The molecule has 4 heteroatoms.